The smallest absolute Gasteiger partial charge is 0.142 e. The van der Waals surface area contributed by atoms with Crippen molar-refractivity contribution >= 4 is 17.7 Å². The van der Waals surface area contributed by atoms with E-state index in [0.717, 1.165) is 24.2 Å². The highest BCUT2D eigenvalue weighted by atomic mass is 16.1. The van der Waals surface area contributed by atoms with Gasteiger partial charge in [-0.2, -0.15) is 0 Å². The van der Waals surface area contributed by atoms with Crippen LogP contribution in [0.2, 0.25) is 0 Å². The predicted octanol–water partition coefficient (Wildman–Crippen LogP) is 1.95. The molecule has 0 bridgehead atoms. The van der Waals surface area contributed by atoms with Crippen LogP contribution < -0.4 is 10.6 Å². The van der Waals surface area contributed by atoms with Crippen molar-refractivity contribution in [2.45, 2.75) is 32.2 Å². The van der Waals surface area contributed by atoms with Gasteiger partial charge in [0.15, 0.2) is 0 Å². The maximum atomic E-state index is 10.9. The number of hydrogen-bond donors (Lipinski definition) is 1. The Labute approximate surface area is 96.2 Å². The molecule has 1 heterocycles. The summed E-state index contributed by atoms with van der Waals surface area (Å²) in [5.74, 6) is 0. The molecule has 2 N–H and O–H groups in total. The highest BCUT2D eigenvalue weighted by Crippen LogP contribution is 2.41. The number of nitrogens with two attached hydrogens (primary N) is 1. The minimum absolute atomic E-state index is 0.0836. The molecule has 1 aromatic rings. The molecule has 0 spiro atoms. The molecular formula is C13H18N2O. The van der Waals surface area contributed by atoms with Gasteiger partial charge in [-0.15, -0.1) is 0 Å². The van der Waals surface area contributed by atoms with Gasteiger partial charge >= 0.3 is 0 Å². The van der Waals surface area contributed by atoms with Gasteiger partial charge in [0, 0.05) is 23.3 Å². The quantitative estimate of drug-likeness (QED) is 0.609. The van der Waals surface area contributed by atoms with E-state index in [1.165, 1.54) is 5.56 Å². The van der Waals surface area contributed by atoms with Crippen LogP contribution in [0.25, 0.3) is 0 Å². The van der Waals surface area contributed by atoms with Crippen molar-refractivity contribution in [1.29, 1.82) is 0 Å². The van der Waals surface area contributed by atoms with Crippen LogP contribution in [0.15, 0.2) is 18.2 Å². The van der Waals surface area contributed by atoms with Crippen molar-refractivity contribution in [3.05, 3.63) is 23.8 Å². The second kappa shape index (κ2) is 3.51. The zero-order chi connectivity index (χ0) is 11.9. The summed E-state index contributed by atoms with van der Waals surface area (Å²) in [6.07, 6.45) is 0.981. The van der Waals surface area contributed by atoms with E-state index in [1.54, 1.807) is 0 Å². The summed E-state index contributed by atoms with van der Waals surface area (Å²) in [5.41, 5.74) is 9.02. The highest BCUT2D eigenvalue weighted by Gasteiger charge is 2.36. The Hall–Kier alpha value is -1.51. The number of aldehydes is 1. The molecule has 86 valence electrons. The average molecular weight is 218 g/mol. The molecule has 1 unspecified atom stereocenters. The highest BCUT2D eigenvalue weighted by molar-refractivity contribution is 5.73. The summed E-state index contributed by atoms with van der Waals surface area (Å²) in [6.45, 7) is 7.17. The molecule has 0 amide bonds. The van der Waals surface area contributed by atoms with Crippen molar-refractivity contribution < 1.29 is 4.79 Å². The number of rotatable bonds is 2. The summed E-state index contributed by atoms with van der Waals surface area (Å²) >= 11 is 0. The van der Waals surface area contributed by atoms with E-state index in [0.29, 0.717) is 0 Å². The van der Waals surface area contributed by atoms with Gasteiger partial charge in [0.25, 0.3) is 0 Å². The van der Waals surface area contributed by atoms with Gasteiger partial charge in [0.05, 0.1) is 6.04 Å². The van der Waals surface area contributed by atoms with Crippen LogP contribution in [-0.2, 0) is 10.2 Å². The summed E-state index contributed by atoms with van der Waals surface area (Å²) in [5, 5.41) is 0. The molecule has 0 fully saturated rings. The second-order valence-electron chi connectivity index (χ2n) is 5.17. The lowest BCUT2D eigenvalue weighted by Gasteiger charge is -2.25. The second-order valence-corrected chi connectivity index (χ2v) is 5.17. The molecule has 0 aliphatic carbocycles. The van der Waals surface area contributed by atoms with Gasteiger partial charge in [0.2, 0.25) is 0 Å². The minimum atomic E-state index is -0.0951. The van der Waals surface area contributed by atoms with E-state index in [4.69, 9.17) is 5.73 Å². The fourth-order valence-electron chi connectivity index (χ4n) is 2.39. The summed E-state index contributed by atoms with van der Waals surface area (Å²) < 4.78 is 0. The van der Waals surface area contributed by atoms with Crippen LogP contribution in [0.5, 0.6) is 0 Å². The van der Waals surface area contributed by atoms with Gasteiger partial charge in [-0.1, -0.05) is 19.9 Å². The van der Waals surface area contributed by atoms with Crippen molar-refractivity contribution in [3.63, 3.8) is 0 Å². The third kappa shape index (κ3) is 1.56. The number of hydrogen-bond acceptors (Lipinski definition) is 3. The Bertz CT molecular complexity index is 426. The van der Waals surface area contributed by atoms with Crippen LogP contribution in [-0.4, -0.2) is 18.9 Å². The number of nitrogen functional groups attached to an aromatic ring is 1. The molecular weight excluding hydrogens is 200 g/mol. The Morgan fingerprint density at radius 3 is 2.81 bits per heavy atom. The Balaban J connectivity index is 2.51. The van der Waals surface area contributed by atoms with Gasteiger partial charge < -0.3 is 15.4 Å². The lowest BCUT2D eigenvalue weighted by Crippen LogP contribution is -2.36. The Kier molecular flexibility index (Phi) is 2.41. The third-order valence-electron chi connectivity index (χ3n) is 3.31. The van der Waals surface area contributed by atoms with E-state index in [9.17, 15) is 4.79 Å². The standard InChI is InChI=1S/C13H18N2O/c1-9(7-16)15-8-13(2,3)11-5-4-10(14)6-12(11)15/h4-7,9H,8,14H2,1-3H3. The van der Waals surface area contributed by atoms with Crippen molar-refractivity contribution in [3.8, 4) is 0 Å². The van der Waals surface area contributed by atoms with E-state index in [1.807, 2.05) is 19.1 Å². The molecule has 0 saturated heterocycles. The molecule has 1 aliphatic rings. The number of nitrogens with zero attached hydrogens (tertiary/aromatic N) is 1. The zero-order valence-electron chi connectivity index (χ0n) is 10.0. The Morgan fingerprint density at radius 2 is 2.19 bits per heavy atom. The first kappa shape index (κ1) is 11.0. The van der Waals surface area contributed by atoms with Crippen molar-refractivity contribution in [2.75, 3.05) is 17.2 Å². The molecule has 3 heteroatoms. The van der Waals surface area contributed by atoms with Gasteiger partial charge in [-0.3, -0.25) is 0 Å². The maximum Gasteiger partial charge on any atom is 0.142 e. The normalized spacial score (nSPS) is 19.3. The van der Waals surface area contributed by atoms with E-state index >= 15 is 0 Å². The maximum absolute atomic E-state index is 10.9. The number of carbonyl (C=O) groups is 1. The molecule has 1 aliphatic heterocycles. The van der Waals surface area contributed by atoms with Crippen LogP contribution in [0.3, 0.4) is 0 Å². The van der Waals surface area contributed by atoms with Gasteiger partial charge in [-0.05, 0) is 24.6 Å². The van der Waals surface area contributed by atoms with Crippen LogP contribution in [0.1, 0.15) is 26.3 Å². The molecule has 0 saturated carbocycles. The molecule has 2 rings (SSSR count). The number of fused-ring (bicyclic) bond motifs is 1. The van der Waals surface area contributed by atoms with Crippen molar-refractivity contribution in [2.24, 2.45) is 0 Å². The van der Waals surface area contributed by atoms with E-state index < -0.39 is 0 Å². The topological polar surface area (TPSA) is 46.3 Å². The fourth-order valence-corrected chi connectivity index (χ4v) is 2.39. The number of carbonyl (C=O) groups excluding carboxylic acids is 1. The molecule has 0 aromatic heterocycles. The fraction of sp³-hybridized carbons (Fsp3) is 0.462. The summed E-state index contributed by atoms with van der Waals surface area (Å²) in [7, 11) is 0. The monoisotopic (exact) mass is 218 g/mol. The number of anilines is 2. The molecule has 16 heavy (non-hydrogen) atoms. The lowest BCUT2D eigenvalue weighted by molar-refractivity contribution is -0.108. The largest absolute Gasteiger partial charge is 0.399 e. The number of benzene rings is 1. The molecule has 1 aromatic carbocycles. The van der Waals surface area contributed by atoms with Crippen LogP contribution >= 0.6 is 0 Å². The lowest BCUT2D eigenvalue weighted by atomic mass is 9.87. The first-order chi connectivity index (χ1) is 7.45. The summed E-state index contributed by atoms with van der Waals surface area (Å²) in [4.78, 5) is 13.0. The van der Waals surface area contributed by atoms with Crippen LogP contribution in [0.4, 0.5) is 11.4 Å². The van der Waals surface area contributed by atoms with E-state index in [2.05, 4.69) is 24.8 Å². The Morgan fingerprint density at radius 1 is 1.50 bits per heavy atom. The van der Waals surface area contributed by atoms with E-state index in [-0.39, 0.29) is 11.5 Å². The predicted molar refractivity (Wildman–Crippen MR) is 66.8 cm³/mol. The SMILES string of the molecule is CC(C=O)N1CC(C)(C)c2ccc(N)cc21. The van der Waals surface area contributed by atoms with Gasteiger partial charge in [0.1, 0.15) is 6.29 Å². The molecule has 0 radical (unpaired) electrons. The molecule has 3 nitrogen and oxygen atoms in total. The average Bonchev–Trinajstić information content (AvgIpc) is 2.49. The summed E-state index contributed by atoms with van der Waals surface area (Å²) in [6, 6.07) is 5.87. The van der Waals surface area contributed by atoms with Crippen molar-refractivity contribution in [1.82, 2.24) is 0 Å². The molecule has 1 atom stereocenters. The zero-order valence-corrected chi connectivity index (χ0v) is 10.0. The first-order valence-electron chi connectivity index (χ1n) is 5.57. The minimum Gasteiger partial charge on any atom is -0.399 e. The third-order valence-corrected chi connectivity index (χ3v) is 3.31. The van der Waals surface area contributed by atoms with Gasteiger partial charge in [-0.25, -0.2) is 0 Å². The van der Waals surface area contributed by atoms with Crippen LogP contribution in [0, 0.1) is 0 Å². The first-order valence-corrected chi connectivity index (χ1v) is 5.57.